The fourth-order valence-corrected chi connectivity index (χ4v) is 4.72. The van der Waals surface area contributed by atoms with Crippen LogP contribution in [0.4, 0.5) is 5.69 Å². The van der Waals surface area contributed by atoms with Crippen LogP contribution in [0.1, 0.15) is 11.3 Å². The molecule has 3 heterocycles. The summed E-state index contributed by atoms with van der Waals surface area (Å²) in [6.45, 7) is 5.06. The van der Waals surface area contributed by atoms with Crippen LogP contribution in [-0.2, 0) is 9.53 Å². The summed E-state index contributed by atoms with van der Waals surface area (Å²) in [6.07, 6.45) is 1.92. The summed E-state index contributed by atoms with van der Waals surface area (Å²) in [6, 6.07) is 24.4. The number of ether oxygens (including phenoxy) is 2. The molecule has 0 spiro atoms. The summed E-state index contributed by atoms with van der Waals surface area (Å²) >= 11 is 0. The van der Waals surface area contributed by atoms with Gasteiger partial charge in [0, 0.05) is 47.5 Å². The molecule has 176 valence electrons. The minimum atomic E-state index is -0.0870. The maximum absolute atomic E-state index is 12.8. The number of hydrogen-bond donors (Lipinski definition) is 2. The van der Waals surface area contributed by atoms with Gasteiger partial charge in [-0.15, -0.1) is 0 Å². The maximum Gasteiger partial charge on any atom is 0.256 e. The van der Waals surface area contributed by atoms with Crippen LogP contribution in [0.3, 0.4) is 0 Å². The highest BCUT2D eigenvalue weighted by atomic mass is 16.5. The van der Waals surface area contributed by atoms with Crippen LogP contribution >= 0.6 is 0 Å². The Morgan fingerprint density at radius 2 is 1.80 bits per heavy atom. The molecule has 0 atom stereocenters. The average molecular weight is 466 g/mol. The maximum atomic E-state index is 12.8. The van der Waals surface area contributed by atoms with Crippen molar-refractivity contribution in [3.63, 3.8) is 0 Å². The van der Waals surface area contributed by atoms with Gasteiger partial charge in [0.05, 0.1) is 18.8 Å². The molecule has 35 heavy (non-hydrogen) atoms. The molecule has 6 heteroatoms. The second-order valence-corrected chi connectivity index (χ2v) is 8.91. The van der Waals surface area contributed by atoms with E-state index in [2.05, 4.69) is 39.5 Å². The molecule has 0 unspecified atom stereocenters. The van der Waals surface area contributed by atoms with Crippen molar-refractivity contribution in [2.45, 2.75) is 0 Å². The van der Waals surface area contributed by atoms with E-state index in [0.29, 0.717) is 12.2 Å². The third kappa shape index (κ3) is 4.58. The van der Waals surface area contributed by atoms with Gasteiger partial charge >= 0.3 is 0 Å². The lowest BCUT2D eigenvalue weighted by Gasteiger charge is -2.26. The van der Waals surface area contributed by atoms with E-state index in [1.54, 1.807) is 0 Å². The van der Waals surface area contributed by atoms with Crippen molar-refractivity contribution in [3.05, 3.63) is 84.1 Å². The predicted octanol–water partition coefficient (Wildman–Crippen LogP) is 5.04. The van der Waals surface area contributed by atoms with E-state index in [-0.39, 0.29) is 5.91 Å². The number of morpholine rings is 1. The molecule has 0 saturated carbocycles. The van der Waals surface area contributed by atoms with Crippen LogP contribution < -0.4 is 10.1 Å². The molecule has 3 aromatic carbocycles. The zero-order valence-electron chi connectivity index (χ0n) is 19.4. The lowest BCUT2D eigenvalue weighted by molar-refractivity contribution is -0.110. The van der Waals surface area contributed by atoms with E-state index >= 15 is 0 Å². The summed E-state index contributed by atoms with van der Waals surface area (Å²) < 4.78 is 11.4. The topological polar surface area (TPSA) is 66.6 Å². The van der Waals surface area contributed by atoms with Gasteiger partial charge < -0.3 is 19.8 Å². The number of carbonyl (C=O) groups excluding carboxylic acids is 1. The van der Waals surface area contributed by atoms with E-state index in [1.165, 1.54) is 0 Å². The molecule has 0 aliphatic carbocycles. The molecule has 4 aromatic rings. The molecular weight excluding hydrogens is 438 g/mol. The van der Waals surface area contributed by atoms with Gasteiger partial charge in [-0.1, -0.05) is 42.5 Å². The van der Waals surface area contributed by atoms with Crippen LogP contribution in [0.15, 0.2) is 72.8 Å². The predicted molar refractivity (Wildman–Crippen MR) is 139 cm³/mol. The number of nitrogens with one attached hydrogen (secondary N) is 2. The quantitative estimate of drug-likeness (QED) is 0.392. The Labute approximate surface area is 204 Å². The second kappa shape index (κ2) is 9.41. The average Bonchev–Trinajstić information content (AvgIpc) is 3.44. The molecule has 2 aliphatic heterocycles. The Bertz CT molecular complexity index is 1400. The van der Waals surface area contributed by atoms with Gasteiger partial charge in [0.1, 0.15) is 12.4 Å². The van der Waals surface area contributed by atoms with Crippen molar-refractivity contribution in [1.29, 1.82) is 0 Å². The Morgan fingerprint density at radius 3 is 2.66 bits per heavy atom. The minimum absolute atomic E-state index is 0.0870. The van der Waals surface area contributed by atoms with Gasteiger partial charge in [0.2, 0.25) is 0 Å². The summed E-state index contributed by atoms with van der Waals surface area (Å²) in [7, 11) is 0. The van der Waals surface area contributed by atoms with Crippen molar-refractivity contribution < 1.29 is 14.3 Å². The number of H-pyrrole nitrogens is 1. The molecule has 0 radical (unpaired) electrons. The number of benzene rings is 3. The van der Waals surface area contributed by atoms with Crippen molar-refractivity contribution in [3.8, 4) is 16.9 Å². The number of amides is 1. The number of hydrogen-bond acceptors (Lipinski definition) is 4. The van der Waals surface area contributed by atoms with Gasteiger partial charge in [0.25, 0.3) is 5.91 Å². The van der Waals surface area contributed by atoms with Gasteiger partial charge in [-0.25, -0.2) is 0 Å². The Kier molecular flexibility index (Phi) is 5.82. The molecule has 2 N–H and O–H groups in total. The Balaban J connectivity index is 1.20. The van der Waals surface area contributed by atoms with E-state index in [1.807, 2.05) is 54.6 Å². The van der Waals surface area contributed by atoms with Gasteiger partial charge in [-0.3, -0.25) is 9.69 Å². The monoisotopic (exact) mass is 465 g/mol. The number of nitrogens with zero attached hydrogens (tertiary/aromatic N) is 1. The summed E-state index contributed by atoms with van der Waals surface area (Å²) in [4.78, 5) is 18.5. The Morgan fingerprint density at radius 1 is 0.943 bits per heavy atom. The molecule has 0 bridgehead atoms. The van der Waals surface area contributed by atoms with Crippen molar-refractivity contribution in [1.82, 2.24) is 9.88 Å². The normalized spacial score (nSPS) is 17.0. The van der Waals surface area contributed by atoms with Crippen molar-refractivity contribution in [2.75, 3.05) is 44.8 Å². The number of rotatable bonds is 6. The molecule has 2 aliphatic rings. The molecule has 1 saturated heterocycles. The SMILES string of the molecule is O=C1Nc2cc(-c3ccccc3)ccc2/C1=C\c1cc2cc(OCCN3CCOCC3)ccc2[nH]1. The summed E-state index contributed by atoms with van der Waals surface area (Å²) in [5.74, 6) is 0.761. The fraction of sp³-hybridized carbons (Fsp3) is 0.207. The third-order valence-corrected chi connectivity index (χ3v) is 6.60. The summed E-state index contributed by atoms with van der Waals surface area (Å²) in [5.41, 5.74) is 6.52. The first-order chi connectivity index (χ1) is 17.2. The number of aromatic amines is 1. The highest BCUT2D eigenvalue weighted by Gasteiger charge is 2.24. The number of carbonyl (C=O) groups is 1. The summed E-state index contributed by atoms with van der Waals surface area (Å²) in [5, 5.41) is 4.07. The first-order valence-electron chi connectivity index (χ1n) is 12.0. The lowest BCUT2D eigenvalue weighted by atomic mass is 10.00. The molecule has 6 nitrogen and oxygen atoms in total. The second-order valence-electron chi connectivity index (χ2n) is 8.91. The van der Waals surface area contributed by atoms with Gasteiger partial charge in [-0.05, 0) is 47.5 Å². The molecular formula is C29H27N3O3. The lowest BCUT2D eigenvalue weighted by Crippen LogP contribution is -2.38. The number of aromatic nitrogens is 1. The largest absolute Gasteiger partial charge is 0.492 e. The zero-order chi connectivity index (χ0) is 23.6. The molecule has 1 aromatic heterocycles. The first kappa shape index (κ1) is 21.6. The smallest absolute Gasteiger partial charge is 0.256 e. The van der Waals surface area contributed by atoms with E-state index in [0.717, 1.165) is 77.6 Å². The molecule has 6 rings (SSSR count). The van der Waals surface area contributed by atoms with Gasteiger partial charge in [0.15, 0.2) is 0 Å². The van der Waals surface area contributed by atoms with Crippen LogP contribution in [0.2, 0.25) is 0 Å². The zero-order valence-corrected chi connectivity index (χ0v) is 19.4. The number of anilines is 1. The third-order valence-electron chi connectivity index (χ3n) is 6.60. The molecule has 1 fully saturated rings. The van der Waals surface area contributed by atoms with Crippen LogP contribution in [0.5, 0.6) is 5.75 Å². The highest BCUT2D eigenvalue weighted by Crippen LogP contribution is 2.36. The van der Waals surface area contributed by atoms with E-state index < -0.39 is 0 Å². The van der Waals surface area contributed by atoms with Crippen molar-refractivity contribution >= 4 is 34.1 Å². The minimum Gasteiger partial charge on any atom is -0.492 e. The van der Waals surface area contributed by atoms with E-state index in [9.17, 15) is 4.79 Å². The van der Waals surface area contributed by atoms with Crippen LogP contribution in [-0.4, -0.2) is 55.2 Å². The van der Waals surface area contributed by atoms with Crippen LogP contribution in [0.25, 0.3) is 33.7 Å². The highest BCUT2D eigenvalue weighted by molar-refractivity contribution is 6.35. The Hall–Kier alpha value is -3.87. The standard InChI is InChI=1S/C29H27N3O3/c33-29-26(25-8-6-21(18-28(25)31-29)20-4-2-1-3-5-20)19-23-16-22-17-24(7-9-27(22)30-23)35-15-12-32-10-13-34-14-11-32/h1-9,16-19,30H,10-15H2,(H,31,33)/b26-19+. The fourth-order valence-electron chi connectivity index (χ4n) is 4.72. The van der Waals surface area contributed by atoms with Gasteiger partial charge in [-0.2, -0.15) is 0 Å². The van der Waals surface area contributed by atoms with E-state index in [4.69, 9.17) is 9.47 Å². The number of fused-ring (bicyclic) bond motifs is 2. The van der Waals surface area contributed by atoms with Crippen molar-refractivity contribution in [2.24, 2.45) is 0 Å². The first-order valence-corrected chi connectivity index (χ1v) is 12.0. The van der Waals surface area contributed by atoms with Crippen LogP contribution in [0, 0.1) is 0 Å². The molecule has 1 amide bonds.